The summed E-state index contributed by atoms with van der Waals surface area (Å²) in [6.07, 6.45) is 3.11. The lowest BCUT2D eigenvalue weighted by molar-refractivity contribution is -0.143. The molecule has 2 heterocycles. The Hall–Kier alpha value is -3.73. The number of aromatic nitrogens is 2. The fourth-order valence-electron chi connectivity index (χ4n) is 4.20. The number of carbonyl (C=O) groups is 2. The SMILES string of the molecule is COc1cccc(CNC(=O)c2cc(C3=NNN(CC4CCC(C(=O)O)CC4)N3)nc(C)n2)c1. The number of hydrogen-bond acceptors (Lipinski definition) is 9. The number of hydrazine groups is 2. The van der Waals surface area contributed by atoms with Crippen LogP contribution < -0.4 is 21.0 Å². The second kappa shape index (κ2) is 10.5. The monoisotopic (exact) mass is 467 g/mol. The maximum Gasteiger partial charge on any atom is 0.306 e. The molecular weight excluding hydrogens is 438 g/mol. The van der Waals surface area contributed by atoms with Gasteiger partial charge in [-0.3, -0.25) is 15.0 Å². The Kier molecular flexibility index (Phi) is 7.21. The van der Waals surface area contributed by atoms with E-state index in [9.17, 15) is 9.59 Å². The molecule has 0 bridgehead atoms. The molecule has 0 atom stereocenters. The van der Waals surface area contributed by atoms with Gasteiger partial charge in [-0.25, -0.2) is 15.5 Å². The number of hydrazone groups is 1. The standard InChI is InChI=1S/C23H29N7O4/c1-14-25-19(11-20(26-14)22(31)24-12-16-4-3-5-18(10-16)34-2)21-27-29-30(28-21)13-15-6-8-17(9-7-15)23(32)33/h3-5,10-11,15,17,29H,6-9,12-13H2,1-2H3,(H,24,31)(H,27,28)(H,32,33). The molecule has 1 saturated carbocycles. The molecule has 34 heavy (non-hydrogen) atoms. The highest BCUT2D eigenvalue weighted by Gasteiger charge is 2.29. The number of rotatable bonds is 8. The molecule has 2 aliphatic rings. The van der Waals surface area contributed by atoms with Crippen molar-refractivity contribution >= 4 is 17.7 Å². The molecule has 1 aromatic carbocycles. The summed E-state index contributed by atoms with van der Waals surface area (Å²) >= 11 is 0. The molecule has 0 spiro atoms. The van der Waals surface area contributed by atoms with Crippen molar-refractivity contribution in [3.8, 4) is 5.75 Å². The molecule has 11 nitrogen and oxygen atoms in total. The molecule has 4 N–H and O–H groups in total. The van der Waals surface area contributed by atoms with Gasteiger partial charge < -0.3 is 15.2 Å². The van der Waals surface area contributed by atoms with E-state index in [1.165, 1.54) is 0 Å². The van der Waals surface area contributed by atoms with Gasteiger partial charge in [0.1, 0.15) is 23.0 Å². The van der Waals surface area contributed by atoms with Crippen LogP contribution in [0, 0.1) is 18.8 Å². The average molecular weight is 468 g/mol. The van der Waals surface area contributed by atoms with E-state index in [4.69, 9.17) is 9.84 Å². The number of amides is 1. The van der Waals surface area contributed by atoms with Gasteiger partial charge in [0.05, 0.1) is 13.0 Å². The summed E-state index contributed by atoms with van der Waals surface area (Å²) in [5.74, 6) is 0.794. The first kappa shape index (κ1) is 23.4. The number of nitrogens with one attached hydrogen (secondary N) is 3. The highest BCUT2D eigenvalue weighted by Crippen LogP contribution is 2.29. The van der Waals surface area contributed by atoms with Crippen molar-refractivity contribution in [3.05, 3.63) is 53.1 Å². The number of nitrogens with zero attached hydrogens (tertiary/aromatic N) is 4. The molecule has 1 aliphatic carbocycles. The summed E-state index contributed by atoms with van der Waals surface area (Å²) < 4.78 is 5.22. The second-order valence-corrected chi connectivity index (χ2v) is 8.56. The molecule has 0 unspecified atom stereocenters. The smallest absolute Gasteiger partial charge is 0.306 e. The second-order valence-electron chi connectivity index (χ2n) is 8.56. The lowest BCUT2D eigenvalue weighted by Crippen LogP contribution is -2.45. The van der Waals surface area contributed by atoms with Crippen LogP contribution in [0.25, 0.3) is 0 Å². The quantitative estimate of drug-likeness (QED) is 0.455. The van der Waals surface area contributed by atoms with Crippen molar-refractivity contribution in [1.82, 2.24) is 31.4 Å². The first-order chi connectivity index (χ1) is 16.4. The number of amidine groups is 1. The number of ether oxygens (including phenoxy) is 1. The molecule has 2 aromatic rings. The number of carbonyl (C=O) groups excluding carboxylic acids is 1. The van der Waals surface area contributed by atoms with Crippen molar-refractivity contribution in [1.29, 1.82) is 0 Å². The third kappa shape index (κ3) is 5.79. The topological polar surface area (TPSA) is 141 Å². The number of carboxylic acids is 1. The highest BCUT2D eigenvalue weighted by atomic mass is 16.5. The van der Waals surface area contributed by atoms with E-state index in [-0.39, 0.29) is 17.5 Å². The summed E-state index contributed by atoms with van der Waals surface area (Å²) in [7, 11) is 1.60. The molecule has 1 aromatic heterocycles. The minimum atomic E-state index is -0.705. The van der Waals surface area contributed by atoms with Gasteiger partial charge in [-0.1, -0.05) is 12.1 Å². The Balaban J connectivity index is 1.33. The van der Waals surface area contributed by atoms with Crippen LogP contribution in [0.15, 0.2) is 35.4 Å². The summed E-state index contributed by atoms with van der Waals surface area (Å²) in [4.78, 5) is 32.6. The predicted octanol–water partition coefficient (Wildman–Crippen LogP) is 1.60. The van der Waals surface area contributed by atoms with Crippen LogP contribution in [0.2, 0.25) is 0 Å². The van der Waals surface area contributed by atoms with Gasteiger partial charge >= 0.3 is 5.97 Å². The van der Waals surface area contributed by atoms with Gasteiger partial charge in [0, 0.05) is 13.1 Å². The van der Waals surface area contributed by atoms with Crippen molar-refractivity contribution in [2.45, 2.75) is 39.2 Å². The van der Waals surface area contributed by atoms with Crippen molar-refractivity contribution in [3.63, 3.8) is 0 Å². The molecule has 180 valence electrons. The molecular formula is C23H29N7O4. The number of carboxylic acid groups (broad SMARTS) is 1. The van der Waals surface area contributed by atoms with Gasteiger partial charge in [-0.05, 0) is 62.3 Å². The summed E-state index contributed by atoms with van der Waals surface area (Å²) in [5.41, 5.74) is 7.77. The van der Waals surface area contributed by atoms with E-state index in [0.717, 1.165) is 24.2 Å². The highest BCUT2D eigenvalue weighted by molar-refractivity contribution is 6.00. The molecule has 1 aliphatic heterocycles. The fraction of sp³-hybridized carbons (Fsp3) is 0.435. The minimum absolute atomic E-state index is 0.236. The normalized spacial score (nSPS) is 20.1. The lowest BCUT2D eigenvalue weighted by atomic mass is 9.82. The molecule has 1 fully saturated rings. The van der Waals surface area contributed by atoms with Gasteiger partial charge in [0.2, 0.25) is 0 Å². The van der Waals surface area contributed by atoms with Gasteiger partial charge in [-0.15, -0.1) is 10.2 Å². The first-order valence-electron chi connectivity index (χ1n) is 11.3. The van der Waals surface area contributed by atoms with Crippen LogP contribution >= 0.6 is 0 Å². The Labute approximate surface area is 197 Å². The van der Waals surface area contributed by atoms with E-state index in [1.807, 2.05) is 24.3 Å². The van der Waals surface area contributed by atoms with Crippen molar-refractivity contribution < 1.29 is 19.4 Å². The van der Waals surface area contributed by atoms with E-state index >= 15 is 0 Å². The molecule has 0 radical (unpaired) electrons. The molecule has 4 rings (SSSR count). The molecule has 11 heteroatoms. The fourth-order valence-corrected chi connectivity index (χ4v) is 4.20. The number of hydrogen-bond donors (Lipinski definition) is 4. The van der Waals surface area contributed by atoms with Crippen LogP contribution in [-0.2, 0) is 11.3 Å². The zero-order valence-corrected chi connectivity index (χ0v) is 19.2. The summed E-state index contributed by atoms with van der Waals surface area (Å²) in [5, 5.41) is 18.1. The Morgan fingerprint density at radius 2 is 2.00 bits per heavy atom. The Morgan fingerprint density at radius 1 is 1.21 bits per heavy atom. The Bertz CT molecular complexity index is 1080. The Morgan fingerprint density at radius 3 is 2.74 bits per heavy atom. The number of aryl methyl sites for hydroxylation is 1. The van der Waals surface area contributed by atoms with E-state index < -0.39 is 5.97 Å². The molecule has 0 saturated heterocycles. The third-order valence-electron chi connectivity index (χ3n) is 6.06. The van der Waals surface area contributed by atoms with Crippen LogP contribution in [0.5, 0.6) is 5.75 Å². The first-order valence-corrected chi connectivity index (χ1v) is 11.3. The maximum atomic E-state index is 12.7. The zero-order valence-electron chi connectivity index (χ0n) is 19.2. The predicted molar refractivity (Wildman–Crippen MR) is 124 cm³/mol. The third-order valence-corrected chi connectivity index (χ3v) is 6.06. The summed E-state index contributed by atoms with van der Waals surface area (Å²) in [6, 6.07) is 9.09. The largest absolute Gasteiger partial charge is 0.497 e. The van der Waals surface area contributed by atoms with Crippen LogP contribution in [0.4, 0.5) is 0 Å². The lowest BCUT2D eigenvalue weighted by Gasteiger charge is -2.28. The van der Waals surface area contributed by atoms with E-state index in [2.05, 4.69) is 31.3 Å². The summed E-state index contributed by atoms with van der Waals surface area (Å²) in [6.45, 7) is 2.74. The van der Waals surface area contributed by atoms with Crippen molar-refractivity contribution in [2.24, 2.45) is 16.9 Å². The number of methoxy groups -OCH3 is 1. The van der Waals surface area contributed by atoms with Gasteiger partial charge in [-0.2, -0.15) is 0 Å². The van der Waals surface area contributed by atoms with E-state index in [0.29, 0.717) is 49.2 Å². The van der Waals surface area contributed by atoms with Crippen LogP contribution in [0.3, 0.4) is 0 Å². The number of aliphatic carboxylic acids is 1. The zero-order chi connectivity index (χ0) is 24.1. The van der Waals surface area contributed by atoms with Crippen LogP contribution in [0.1, 0.15) is 53.3 Å². The average Bonchev–Trinajstić information content (AvgIpc) is 3.31. The van der Waals surface area contributed by atoms with Gasteiger partial charge in [0.15, 0.2) is 5.84 Å². The number of benzene rings is 1. The van der Waals surface area contributed by atoms with Gasteiger partial charge in [0.25, 0.3) is 5.91 Å². The van der Waals surface area contributed by atoms with Crippen LogP contribution in [-0.4, -0.2) is 51.6 Å². The minimum Gasteiger partial charge on any atom is -0.497 e. The molecule has 1 amide bonds. The maximum absolute atomic E-state index is 12.7. The van der Waals surface area contributed by atoms with Crippen molar-refractivity contribution in [2.75, 3.05) is 13.7 Å². The van der Waals surface area contributed by atoms with E-state index in [1.54, 1.807) is 25.2 Å².